The Morgan fingerprint density at radius 3 is 2.72 bits per heavy atom. The third-order valence-electron chi connectivity index (χ3n) is 3.33. The lowest BCUT2D eigenvalue weighted by Gasteiger charge is -2.27. The van der Waals surface area contributed by atoms with E-state index in [9.17, 15) is 4.79 Å². The predicted octanol–water partition coefficient (Wildman–Crippen LogP) is 1.16. The van der Waals surface area contributed by atoms with Crippen molar-refractivity contribution in [2.24, 2.45) is 11.8 Å². The lowest BCUT2D eigenvalue weighted by atomic mass is 10.0. The summed E-state index contributed by atoms with van der Waals surface area (Å²) in [5.74, 6) is 5.42. The number of amides is 1. The second kappa shape index (κ2) is 6.47. The lowest BCUT2D eigenvalue weighted by Crippen LogP contribution is -2.35. The molecule has 0 aliphatic rings. The van der Waals surface area contributed by atoms with Crippen molar-refractivity contribution >= 4 is 5.91 Å². The van der Waals surface area contributed by atoms with Crippen molar-refractivity contribution in [3.63, 3.8) is 0 Å². The molecule has 1 heterocycles. The Hall–Kier alpha value is -1.46. The van der Waals surface area contributed by atoms with Crippen molar-refractivity contribution in [1.82, 2.24) is 15.3 Å². The van der Waals surface area contributed by atoms with Gasteiger partial charge in [-0.2, -0.15) is 0 Å². The summed E-state index contributed by atoms with van der Waals surface area (Å²) in [5, 5.41) is 0. The zero-order valence-corrected chi connectivity index (χ0v) is 11.5. The number of nitrogens with zero attached hydrogens (tertiary/aromatic N) is 2. The van der Waals surface area contributed by atoms with E-state index < -0.39 is 0 Å². The normalized spacial score (nSPS) is 12.8. The summed E-state index contributed by atoms with van der Waals surface area (Å²) in [6.45, 7) is 7.14. The summed E-state index contributed by atoms with van der Waals surface area (Å²) < 4.78 is 0. The monoisotopic (exact) mass is 250 g/mol. The highest BCUT2D eigenvalue weighted by Gasteiger charge is 2.17. The maximum atomic E-state index is 11.6. The van der Waals surface area contributed by atoms with E-state index in [1.807, 2.05) is 7.05 Å². The first-order chi connectivity index (χ1) is 8.47. The van der Waals surface area contributed by atoms with Gasteiger partial charge in [0.15, 0.2) is 0 Å². The van der Waals surface area contributed by atoms with E-state index in [2.05, 4.69) is 36.1 Å². The van der Waals surface area contributed by atoms with E-state index in [4.69, 9.17) is 5.84 Å². The predicted molar refractivity (Wildman–Crippen MR) is 71.7 cm³/mol. The molecule has 3 N–H and O–H groups in total. The molecular formula is C13H22N4O. The number of pyridine rings is 1. The number of rotatable bonds is 5. The molecule has 0 saturated heterocycles. The summed E-state index contributed by atoms with van der Waals surface area (Å²) in [4.78, 5) is 18.1. The van der Waals surface area contributed by atoms with Crippen LogP contribution in [-0.4, -0.2) is 28.9 Å². The van der Waals surface area contributed by atoms with Crippen molar-refractivity contribution < 1.29 is 4.79 Å². The van der Waals surface area contributed by atoms with Gasteiger partial charge in [0, 0.05) is 18.8 Å². The Balaban J connectivity index is 2.87. The number of carbonyl (C=O) groups excluding carboxylic acids is 1. The van der Waals surface area contributed by atoms with Gasteiger partial charge in [-0.3, -0.25) is 20.1 Å². The maximum Gasteiger partial charge on any atom is 0.267 e. The third-order valence-corrected chi connectivity index (χ3v) is 3.33. The topological polar surface area (TPSA) is 71.2 Å². The Morgan fingerprint density at radius 2 is 2.17 bits per heavy atom. The van der Waals surface area contributed by atoms with Gasteiger partial charge in [-0.15, -0.1) is 0 Å². The standard InChI is InChI=1S/C13H22N4O/c1-9(2)10(3)17(4)8-12-11(13(18)16-14)6-5-7-15-12/h5-7,9-10H,8,14H2,1-4H3,(H,16,18). The van der Waals surface area contributed by atoms with E-state index in [-0.39, 0.29) is 5.91 Å². The summed E-state index contributed by atoms with van der Waals surface area (Å²) in [6, 6.07) is 3.89. The number of hydrogen-bond donors (Lipinski definition) is 2. The highest BCUT2D eigenvalue weighted by Crippen LogP contribution is 2.13. The van der Waals surface area contributed by atoms with Gasteiger partial charge in [-0.25, -0.2) is 5.84 Å². The molecule has 0 aliphatic heterocycles. The van der Waals surface area contributed by atoms with Crippen molar-refractivity contribution in [1.29, 1.82) is 0 Å². The number of hydrazine groups is 1. The number of carbonyl (C=O) groups is 1. The van der Waals surface area contributed by atoms with Crippen molar-refractivity contribution in [3.8, 4) is 0 Å². The van der Waals surface area contributed by atoms with Crippen LogP contribution in [0.3, 0.4) is 0 Å². The molecular weight excluding hydrogens is 228 g/mol. The zero-order chi connectivity index (χ0) is 13.7. The first-order valence-electron chi connectivity index (χ1n) is 6.12. The third kappa shape index (κ3) is 3.51. The van der Waals surface area contributed by atoms with Crippen LogP contribution >= 0.6 is 0 Å². The van der Waals surface area contributed by atoms with Crippen LogP contribution in [0.15, 0.2) is 18.3 Å². The number of nitrogen functional groups attached to an aromatic ring is 1. The SMILES string of the molecule is CC(C)C(C)N(C)Cc1ncccc1C(=O)NN. The first-order valence-corrected chi connectivity index (χ1v) is 6.12. The van der Waals surface area contributed by atoms with Crippen molar-refractivity contribution in [2.75, 3.05) is 7.05 Å². The molecule has 5 nitrogen and oxygen atoms in total. The Labute approximate surface area is 108 Å². The number of hydrogen-bond acceptors (Lipinski definition) is 4. The maximum absolute atomic E-state index is 11.6. The smallest absolute Gasteiger partial charge is 0.267 e. The molecule has 0 aromatic carbocycles. The van der Waals surface area contributed by atoms with Crippen LogP contribution in [0.5, 0.6) is 0 Å². The summed E-state index contributed by atoms with van der Waals surface area (Å²) in [7, 11) is 2.03. The number of aromatic nitrogens is 1. The minimum atomic E-state index is -0.302. The second-order valence-electron chi connectivity index (χ2n) is 4.87. The van der Waals surface area contributed by atoms with Crippen LogP contribution in [0.2, 0.25) is 0 Å². The molecule has 100 valence electrons. The van der Waals surface area contributed by atoms with Gasteiger partial charge in [0.25, 0.3) is 5.91 Å². The zero-order valence-electron chi connectivity index (χ0n) is 11.5. The van der Waals surface area contributed by atoms with Crippen LogP contribution in [-0.2, 0) is 6.54 Å². The number of nitrogens with one attached hydrogen (secondary N) is 1. The van der Waals surface area contributed by atoms with Gasteiger partial charge in [0.05, 0.1) is 11.3 Å². The van der Waals surface area contributed by atoms with Crippen LogP contribution in [0.1, 0.15) is 36.8 Å². The van der Waals surface area contributed by atoms with E-state index in [0.29, 0.717) is 24.1 Å². The fourth-order valence-corrected chi connectivity index (χ4v) is 1.74. The van der Waals surface area contributed by atoms with Gasteiger partial charge in [-0.1, -0.05) is 13.8 Å². The molecule has 1 aromatic heterocycles. The quantitative estimate of drug-likeness (QED) is 0.467. The van der Waals surface area contributed by atoms with Gasteiger partial charge >= 0.3 is 0 Å². The largest absolute Gasteiger partial charge is 0.298 e. The molecule has 0 bridgehead atoms. The fourth-order valence-electron chi connectivity index (χ4n) is 1.74. The molecule has 0 spiro atoms. The minimum absolute atomic E-state index is 0.302. The summed E-state index contributed by atoms with van der Waals surface area (Å²) >= 11 is 0. The van der Waals surface area contributed by atoms with Gasteiger partial charge in [-0.05, 0) is 32.0 Å². The second-order valence-corrected chi connectivity index (χ2v) is 4.87. The van der Waals surface area contributed by atoms with Crippen LogP contribution in [0.25, 0.3) is 0 Å². The van der Waals surface area contributed by atoms with Gasteiger partial charge in [0.2, 0.25) is 0 Å². The number of nitrogens with two attached hydrogens (primary N) is 1. The Kier molecular flexibility index (Phi) is 5.25. The van der Waals surface area contributed by atoms with Gasteiger partial charge in [0.1, 0.15) is 0 Å². The molecule has 0 aliphatic carbocycles. The average molecular weight is 250 g/mol. The first kappa shape index (κ1) is 14.6. The van der Waals surface area contributed by atoms with Crippen LogP contribution < -0.4 is 11.3 Å². The molecule has 5 heteroatoms. The van der Waals surface area contributed by atoms with Crippen molar-refractivity contribution in [3.05, 3.63) is 29.6 Å². The molecule has 1 aromatic rings. The van der Waals surface area contributed by atoms with E-state index in [1.54, 1.807) is 18.3 Å². The molecule has 0 saturated carbocycles. The fraction of sp³-hybridized carbons (Fsp3) is 0.538. The molecule has 18 heavy (non-hydrogen) atoms. The molecule has 0 radical (unpaired) electrons. The lowest BCUT2D eigenvalue weighted by molar-refractivity contribution is 0.0950. The van der Waals surface area contributed by atoms with E-state index in [0.717, 1.165) is 5.69 Å². The Bertz CT molecular complexity index is 406. The highest BCUT2D eigenvalue weighted by molar-refractivity contribution is 5.94. The molecule has 1 amide bonds. The molecule has 1 unspecified atom stereocenters. The van der Waals surface area contributed by atoms with Gasteiger partial charge < -0.3 is 0 Å². The molecule has 1 atom stereocenters. The van der Waals surface area contributed by atoms with Crippen LogP contribution in [0, 0.1) is 5.92 Å². The molecule has 1 rings (SSSR count). The van der Waals surface area contributed by atoms with Crippen LogP contribution in [0.4, 0.5) is 0 Å². The Morgan fingerprint density at radius 1 is 1.50 bits per heavy atom. The van der Waals surface area contributed by atoms with E-state index in [1.165, 1.54) is 0 Å². The van der Waals surface area contributed by atoms with E-state index >= 15 is 0 Å². The highest BCUT2D eigenvalue weighted by atomic mass is 16.2. The van der Waals surface area contributed by atoms with Crippen molar-refractivity contribution in [2.45, 2.75) is 33.4 Å². The average Bonchev–Trinajstić information content (AvgIpc) is 2.37. The minimum Gasteiger partial charge on any atom is -0.298 e. The molecule has 0 fully saturated rings. The summed E-state index contributed by atoms with van der Waals surface area (Å²) in [5.41, 5.74) is 3.43. The summed E-state index contributed by atoms with van der Waals surface area (Å²) in [6.07, 6.45) is 1.69.